The van der Waals surface area contributed by atoms with Gasteiger partial charge in [0, 0.05) is 17.3 Å². The van der Waals surface area contributed by atoms with Crippen LogP contribution in [0.3, 0.4) is 0 Å². The van der Waals surface area contributed by atoms with Gasteiger partial charge >= 0.3 is 0 Å². The van der Waals surface area contributed by atoms with E-state index in [2.05, 4.69) is 31.4 Å². The molecule has 1 N–H and O–H groups in total. The van der Waals surface area contributed by atoms with E-state index in [1.165, 1.54) is 11.8 Å². The van der Waals surface area contributed by atoms with E-state index in [9.17, 15) is 4.79 Å². The molecule has 1 heterocycles. The second kappa shape index (κ2) is 9.10. The zero-order valence-electron chi connectivity index (χ0n) is 14.2. The van der Waals surface area contributed by atoms with Crippen LogP contribution >= 0.6 is 50.9 Å². The Morgan fingerprint density at radius 2 is 1.96 bits per heavy atom. The van der Waals surface area contributed by atoms with Gasteiger partial charge in [0.05, 0.1) is 22.2 Å². The summed E-state index contributed by atoms with van der Waals surface area (Å²) in [5, 5.41) is 13.0. The highest BCUT2D eigenvalue weighted by atomic mass is 79.9. The standard InChI is InChI=1S/C18H15BrCl2N4OS/c1-25-16(9-22-17(26)12-4-2-3-5-13(12)19)23-24-18(25)27-10-11-6-7-14(20)15(21)8-11/h2-8H,9-10H2,1H3,(H,22,26). The van der Waals surface area contributed by atoms with Gasteiger partial charge in [-0.05, 0) is 45.8 Å². The molecule has 5 nitrogen and oxygen atoms in total. The minimum atomic E-state index is -0.171. The predicted octanol–water partition coefficient (Wildman–Crippen LogP) is 5.11. The highest BCUT2D eigenvalue weighted by Gasteiger charge is 2.13. The van der Waals surface area contributed by atoms with E-state index in [0.29, 0.717) is 27.2 Å². The van der Waals surface area contributed by atoms with Crippen LogP contribution in [0.15, 0.2) is 52.1 Å². The smallest absolute Gasteiger partial charge is 0.252 e. The van der Waals surface area contributed by atoms with Gasteiger partial charge < -0.3 is 9.88 Å². The zero-order chi connectivity index (χ0) is 19.4. The van der Waals surface area contributed by atoms with Crippen molar-refractivity contribution in [2.45, 2.75) is 17.5 Å². The number of thioether (sulfide) groups is 1. The second-order valence-electron chi connectivity index (χ2n) is 5.66. The summed E-state index contributed by atoms with van der Waals surface area (Å²) in [6.45, 7) is 0.289. The van der Waals surface area contributed by atoms with Crippen LogP contribution < -0.4 is 5.32 Å². The third kappa shape index (κ3) is 5.04. The molecule has 0 fully saturated rings. The van der Waals surface area contributed by atoms with Crippen molar-refractivity contribution < 1.29 is 4.79 Å². The molecule has 0 aliphatic carbocycles. The summed E-state index contributed by atoms with van der Waals surface area (Å²) in [5.74, 6) is 1.19. The Hall–Kier alpha value is -1.54. The first-order chi connectivity index (χ1) is 13.0. The minimum Gasteiger partial charge on any atom is -0.345 e. The van der Waals surface area contributed by atoms with E-state index < -0.39 is 0 Å². The van der Waals surface area contributed by atoms with Crippen LogP contribution in [0.5, 0.6) is 0 Å². The van der Waals surface area contributed by atoms with Crippen LogP contribution in [0, 0.1) is 0 Å². The first kappa shape index (κ1) is 20.2. The molecule has 0 aliphatic rings. The first-order valence-electron chi connectivity index (χ1n) is 7.93. The Bertz CT molecular complexity index is 980. The summed E-state index contributed by atoms with van der Waals surface area (Å²) in [5.41, 5.74) is 1.62. The number of carbonyl (C=O) groups excluding carboxylic acids is 1. The molecule has 0 atom stereocenters. The monoisotopic (exact) mass is 484 g/mol. The molecule has 1 amide bonds. The Balaban J connectivity index is 1.60. The van der Waals surface area contributed by atoms with Gasteiger partial charge in [0.1, 0.15) is 0 Å². The molecule has 0 saturated carbocycles. The lowest BCUT2D eigenvalue weighted by atomic mass is 10.2. The molecule has 0 aliphatic heterocycles. The van der Waals surface area contributed by atoms with Crippen LogP contribution in [0.25, 0.3) is 0 Å². The maximum absolute atomic E-state index is 12.3. The largest absolute Gasteiger partial charge is 0.345 e. The number of benzene rings is 2. The van der Waals surface area contributed by atoms with Gasteiger partial charge in [0.25, 0.3) is 5.91 Å². The van der Waals surface area contributed by atoms with Gasteiger partial charge in [0.15, 0.2) is 11.0 Å². The lowest BCUT2D eigenvalue weighted by molar-refractivity contribution is 0.0948. The van der Waals surface area contributed by atoms with Crippen LogP contribution in [-0.4, -0.2) is 20.7 Å². The molecule has 2 aromatic carbocycles. The molecule has 0 bridgehead atoms. The van der Waals surface area contributed by atoms with Crippen molar-refractivity contribution in [2.75, 3.05) is 0 Å². The van der Waals surface area contributed by atoms with Crippen molar-refractivity contribution in [1.82, 2.24) is 20.1 Å². The molecule has 9 heteroatoms. The predicted molar refractivity (Wildman–Crippen MR) is 112 cm³/mol. The molecule has 140 valence electrons. The molecule has 0 unspecified atom stereocenters. The van der Waals surface area contributed by atoms with Crippen molar-refractivity contribution in [3.05, 3.63) is 73.9 Å². The molecule has 0 saturated heterocycles. The molecular weight excluding hydrogens is 471 g/mol. The molecule has 0 radical (unpaired) electrons. The number of aromatic nitrogens is 3. The van der Waals surface area contributed by atoms with Gasteiger partial charge in [-0.15, -0.1) is 10.2 Å². The highest BCUT2D eigenvalue weighted by molar-refractivity contribution is 9.10. The van der Waals surface area contributed by atoms with Crippen molar-refractivity contribution in [2.24, 2.45) is 7.05 Å². The van der Waals surface area contributed by atoms with Crippen LogP contribution in [0.1, 0.15) is 21.7 Å². The molecular formula is C18H15BrCl2N4OS. The summed E-state index contributed by atoms with van der Waals surface area (Å²) >= 11 is 16.9. The third-order valence-electron chi connectivity index (χ3n) is 3.80. The number of hydrogen-bond donors (Lipinski definition) is 1. The van der Waals surface area contributed by atoms with E-state index in [1.54, 1.807) is 12.1 Å². The van der Waals surface area contributed by atoms with Crippen LogP contribution in [0.2, 0.25) is 10.0 Å². The number of rotatable bonds is 6. The van der Waals surface area contributed by atoms with E-state index in [0.717, 1.165) is 15.2 Å². The fourth-order valence-electron chi connectivity index (χ4n) is 2.30. The van der Waals surface area contributed by atoms with Gasteiger partial charge in [-0.2, -0.15) is 0 Å². The SMILES string of the molecule is Cn1c(CNC(=O)c2ccccc2Br)nnc1SCc1ccc(Cl)c(Cl)c1. The second-order valence-corrected chi connectivity index (χ2v) is 8.27. The summed E-state index contributed by atoms with van der Waals surface area (Å²) in [4.78, 5) is 12.3. The summed E-state index contributed by atoms with van der Waals surface area (Å²) in [6, 6.07) is 12.8. The fourth-order valence-corrected chi connectivity index (χ4v) is 3.96. The maximum Gasteiger partial charge on any atom is 0.252 e. The van der Waals surface area contributed by atoms with Gasteiger partial charge in [-0.25, -0.2) is 0 Å². The van der Waals surface area contributed by atoms with Crippen molar-refractivity contribution in [3.63, 3.8) is 0 Å². The van der Waals surface area contributed by atoms with Crippen LogP contribution in [-0.2, 0) is 19.3 Å². The average molecular weight is 486 g/mol. The van der Waals surface area contributed by atoms with E-state index in [1.807, 2.05) is 41.9 Å². The number of nitrogens with one attached hydrogen (secondary N) is 1. The van der Waals surface area contributed by atoms with Crippen molar-refractivity contribution in [3.8, 4) is 0 Å². The number of carbonyl (C=O) groups is 1. The average Bonchev–Trinajstić information content (AvgIpc) is 3.01. The molecule has 0 spiro atoms. The third-order valence-corrected chi connectivity index (χ3v) is 6.32. The van der Waals surface area contributed by atoms with Crippen LogP contribution in [0.4, 0.5) is 0 Å². The van der Waals surface area contributed by atoms with Crippen molar-refractivity contribution in [1.29, 1.82) is 0 Å². The molecule has 3 aromatic rings. The van der Waals surface area contributed by atoms with E-state index in [4.69, 9.17) is 23.2 Å². The molecule has 27 heavy (non-hydrogen) atoms. The summed E-state index contributed by atoms with van der Waals surface area (Å²) in [6.07, 6.45) is 0. The topological polar surface area (TPSA) is 59.8 Å². The number of nitrogens with zero attached hydrogens (tertiary/aromatic N) is 3. The normalized spacial score (nSPS) is 10.8. The molecule has 1 aromatic heterocycles. The summed E-state index contributed by atoms with van der Waals surface area (Å²) < 4.78 is 2.61. The Labute approximate surface area is 179 Å². The fraction of sp³-hybridized carbons (Fsp3) is 0.167. The number of hydrogen-bond acceptors (Lipinski definition) is 4. The summed E-state index contributed by atoms with van der Waals surface area (Å²) in [7, 11) is 1.87. The van der Waals surface area contributed by atoms with Crippen molar-refractivity contribution >= 4 is 56.8 Å². The zero-order valence-corrected chi connectivity index (χ0v) is 18.2. The highest BCUT2D eigenvalue weighted by Crippen LogP contribution is 2.27. The van der Waals surface area contributed by atoms with Gasteiger partial charge in [-0.3, -0.25) is 4.79 Å². The Morgan fingerprint density at radius 1 is 1.19 bits per heavy atom. The minimum absolute atomic E-state index is 0.171. The van der Waals surface area contributed by atoms with E-state index in [-0.39, 0.29) is 12.5 Å². The lowest BCUT2D eigenvalue weighted by Crippen LogP contribution is -2.24. The number of halogens is 3. The Kier molecular flexibility index (Phi) is 6.81. The van der Waals surface area contributed by atoms with Gasteiger partial charge in [0.2, 0.25) is 0 Å². The van der Waals surface area contributed by atoms with Gasteiger partial charge in [-0.1, -0.05) is 53.2 Å². The lowest BCUT2D eigenvalue weighted by Gasteiger charge is -2.07. The maximum atomic E-state index is 12.3. The quantitative estimate of drug-likeness (QED) is 0.493. The van der Waals surface area contributed by atoms with E-state index >= 15 is 0 Å². The number of amides is 1. The Morgan fingerprint density at radius 3 is 2.70 bits per heavy atom. The first-order valence-corrected chi connectivity index (χ1v) is 10.5. The molecule has 3 rings (SSSR count).